The molecule has 8 nitrogen and oxygen atoms in total. The van der Waals surface area contributed by atoms with Gasteiger partial charge in [-0.05, 0) is 89.9 Å². The summed E-state index contributed by atoms with van der Waals surface area (Å²) in [6, 6.07) is 0. The highest BCUT2D eigenvalue weighted by molar-refractivity contribution is 7.45. The number of rotatable bonds is 40. The number of allylic oxidation sites excluding steroid dienone is 14. The van der Waals surface area contributed by atoms with E-state index in [0.29, 0.717) is 17.6 Å². The number of quaternary nitrogens is 1. The maximum Gasteiger partial charge on any atom is 0.306 e. The monoisotopic (exact) mass is 818 g/mol. The number of hydrogen-bond donors (Lipinski definition) is 0. The fourth-order valence-electron chi connectivity index (χ4n) is 5.48. The van der Waals surface area contributed by atoms with E-state index in [2.05, 4.69) is 98.9 Å². The molecule has 0 aromatic carbocycles. The highest BCUT2D eigenvalue weighted by atomic mass is 31.2. The lowest BCUT2D eigenvalue weighted by Crippen LogP contribution is -2.37. The maximum atomic E-state index is 12.7. The summed E-state index contributed by atoms with van der Waals surface area (Å²) in [5.74, 6) is -0.362. The third-order valence-corrected chi connectivity index (χ3v) is 9.89. The molecule has 0 aliphatic rings. The molecule has 0 aliphatic heterocycles. The van der Waals surface area contributed by atoms with Gasteiger partial charge in [-0.15, -0.1) is 0 Å². The van der Waals surface area contributed by atoms with Gasteiger partial charge in [0, 0.05) is 13.0 Å². The average molecular weight is 818 g/mol. The Labute approximate surface area is 350 Å². The van der Waals surface area contributed by atoms with Crippen LogP contribution < -0.4 is 4.89 Å². The van der Waals surface area contributed by atoms with Gasteiger partial charge in [0.05, 0.1) is 34.4 Å². The van der Waals surface area contributed by atoms with Crippen molar-refractivity contribution in [2.24, 2.45) is 0 Å². The minimum atomic E-state index is -4.54. The van der Waals surface area contributed by atoms with Crippen LogP contribution in [-0.4, -0.2) is 70.7 Å². The normalized spacial score (nSPS) is 14.6. The summed E-state index contributed by atoms with van der Waals surface area (Å²) in [5, 5.41) is 0. The molecule has 0 heterocycles. The van der Waals surface area contributed by atoms with E-state index >= 15 is 0 Å². The van der Waals surface area contributed by atoms with Gasteiger partial charge in [0.15, 0.2) is 0 Å². The van der Waals surface area contributed by atoms with Crippen molar-refractivity contribution in [1.29, 1.82) is 0 Å². The smallest absolute Gasteiger partial charge is 0.306 e. The Morgan fingerprint density at radius 2 is 1.02 bits per heavy atom. The van der Waals surface area contributed by atoms with Gasteiger partial charge in [0.1, 0.15) is 19.3 Å². The molecule has 0 bridgehead atoms. The summed E-state index contributed by atoms with van der Waals surface area (Å²) in [6.07, 6.45) is 53.1. The quantitative estimate of drug-likeness (QED) is 0.0200. The summed E-state index contributed by atoms with van der Waals surface area (Å²) in [4.78, 5) is 25.1. The lowest BCUT2D eigenvalue weighted by molar-refractivity contribution is -0.870. The second-order valence-electron chi connectivity index (χ2n) is 15.7. The number of carbonyl (C=O) groups is 1. The van der Waals surface area contributed by atoms with Gasteiger partial charge in [0.2, 0.25) is 0 Å². The molecule has 0 amide bonds. The Morgan fingerprint density at radius 3 is 1.53 bits per heavy atom. The Hall–Kier alpha value is -2.32. The number of hydrogen-bond acceptors (Lipinski definition) is 7. The average Bonchev–Trinajstić information content (AvgIpc) is 3.16. The number of likely N-dealkylation sites (N-methyl/N-ethyl adjacent to an activating group) is 1. The van der Waals surface area contributed by atoms with Gasteiger partial charge < -0.3 is 27.9 Å². The van der Waals surface area contributed by atoms with E-state index in [1.165, 1.54) is 38.5 Å². The Bertz CT molecular complexity index is 1180. The van der Waals surface area contributed by atoms with Crippen LogP contribution in [0.25, 0.3) is 0 Å². The van der Waals surface area contributed by atoms with Crippen LogP contribution in [0, 0.1) is 0 Å². The molecule has 0 saturated heterocycles. The summed E-state index contributed by atoms with van der Waals surface area (Å²) < 4.78 is 34.5. The SMILES string of the molecule is CC/C=C\C/C=C\C/C=C\C/C=C\CCCCCOCC(COP(=O)([O-])OCC[N+](C)(C)C)OC(=O)CCCCCCCC/C=C\C/C=C\C/C=C\CCCCC. The fraction of sp³-hybridized carbons (Fsp3) is 0.688. The van der Waals surface area contributed by atoms with Crippen LogP contribution >= 0.6 is 7.82 Å². The van der Waals surface area contributed by atoms with Crippen LogP contribution in [0.2, 0.25) is 0 Å². The van der Waals surface area contributed by atoms with Crippen LogP contribution in [-0.2, 0) is 27.9 Å². The molecule has 0 fully saturated rings. The molecule has 0 aromatic heterocycles. The van der Waals surface area contributed by atoms with E-state index in [-0.39, 0.29) is 32.2 Å². The zero-order chi connectivity index (χ0) is 42.0. The van der Waals surface area contributed by atoms with Gasteiger partial charge in [-0.2, -0.15) is 0 Å². The zero-order valence-corrected chi connectivity index (χ0v) is 37.9. The van der Waals surface area contributed by atoms with Crippen LogP contribution in [0.15, 0.2) is 85.1 Å². The van der Waals surface area contributed by atoms with Gasteiger partial charge >= 0.3 is 5.97 Å². The number of ether oxygens (including phenoxy) is 2. The number of unbranched alkanes of at least 4 members (excludes halogenated alkanes) is 12. The van der Waals surface area contributed by atoms with Crippen molar-refractivity contribution in [3.05, 3.63) is 85.1 Å². The molecule has 2 unspecified atom stereocenters. The zero-order valence-electron chi connectivity index (χ0n) is 37.0. The molecule has 0 saturated carbocycles. The van der Waals surface area contributed by atoms with Crippen molar-refractivity contribution in [2.75, 3.05) is 54.1 Å². The predicted octanol–water partition coefficient (Wildman–Crippen LogP) is 12.6. The van der Waals surface area contributed by atoms with Gasteiger partial charge in [-0.25, -0.2) is 0 Å². The predicted molar refractivity (Wildman–Crippen MR) is 240 cm³/mol. The number of nitrogens with zero attached hydrogens (tertiary/aromatic N) is 1. The summed E-state index contributed by atoms with van der Waals surface area (Å²) in [5.41, 5.74) is 0. The fourth-order valence-corrected chi connectivity index (χ4v) is 6.21. The highest BCUT2D eigenvalue weighted by Gasteiger charge is 2.20. The number of phosphoric acid groups is 1. The first-order valence-corrected chi connectivity index (χ1v) is 23.8. The van der Waals surface area contributed by atoms with E-state index in [0.717, 1.165) is 96.3 Å². The van der Waals surface area contributed by atoms with Gasteiger partial charge in [-0.3, -0.25) is 9.36 Å². The summed E-state index contributed by atoms with van der Waals surface area (Å²) >= 11 is 0. The Kier molecular flexibility index (Phi) is 38.8. The van der Waals surface area contributed by atoms with E-state index in [1.807, 2.05) is 21.1 Å². The van der Waals surface area contributed by atoms with Crippen LogP contribution in [0.5, 0.6) is 0 Å². The number of esters is 1. The van der Waals surface area contributed by atoms with E-state index < -0.39 is 13.9 Å². The Morgan fingerprint density at radius 1 is 0.561 bits per heavy atom. The molecular formula is C48H84NO7P. The molecule has 0 spiro atoms. The van der Waals surface area contributed by atoms with Crippen molar-refractivity contribution >= 4 is 13.8 Å². The Balaban J connectivity index is 4.33. The van der Waals surface area contributed by atoms with Crippen molar-refractivity contribution in [2.45, 2.75) is 161 Å². The van der Waals surface area contributed by atoms with Crippen LogP contribution in [0.3, 0.4) is 0 Å². The number of phosphoric ester groups is 1. The summed E-state index contributed by atoms with van der Waals surface area (Å²) in [7, 11) is 1.31. The highest BCUT2D eigenvalue weighted by Crippen LogP contribution is 2.38. The van der Waals surface area contributed by atoms with Gasteiger partial charge in [0.25, 0.3) is 7.82 Å². The minimum absolute atomic E-state index is 0.0119. The molecule has 0 aromatic rings. The molecule has 0 N–H and O–H groups in total. The first kappa shape index (κ1) is 54.7. The van der Waals surface area contributed by atoms with E-state index in [9.17, 15) is 14.3 Å². The molecule has 0 aliphatic carbocycles. The second kappa shape index (κ2) is 40.5. The molecule has 9 heteroatoms. The van der Waals surface area contributed by atoms with Crippen molar-refractivity contribution in [1.82, 2.24) is 0 Å². The van der Waals surface area contributed by atoms with Gasteiger partial charge in [-0.1, -0.05) is 144 Å². The van der Waals surface area contributed by atoms with Crippen LogP contribution in [0.1, 0.15) is 155 Å². The molecule has 0 radical (unpaired) electrons. The van der Waals surface area contributed by atoms with E-state index in [4.69, 9.17) is 18.5 Å². The topological polar surface area (TPSA) is 94.1 Å². The van der Waals surface area contributed by atoms with Crippen molar-refractivity contribution < 1.29 is 37.3 Å². The molecular weight excluding hydrogens is 734 g/mol. The standard InChI is InChI=1S/C48H84NO7P/c1-6-8-10-12-14-16-18-20-22-24-25-26-27-29-31-33-35-37-39-41-48(50)56-47(46-55-57(51,52)54-44-42-49(3,4)5)45-53-43-40-38-36-34-32-30-28-23-21-19-17-15-13-11-9-7-2/h9,11,14-17,20-23,25-26,30,32,47H,6-8,10,12-13,18-19,24,27-29,31,33-46H2,1-5H3/b11-9-,16-14-,17-15-,22-20-,23-21-,26-25-,32-30-. The third kappa shape index (κ3) is 44.6. The third-order valence-electron chi connectivity index (χ3n) is 8.93. The lowest BCUT2D eigenvalue weighted by atomic mass is 10.1. The van der Waals surface area contributed by atoms with Crippen LogP contribution in [0.4, 0.5) is 0 Å². The largest absolute Gasteiger partial charge is 0.756 e. The minimum Gasteiger partial charge on any atom is -0.756 e. The molecule has 2 atom stereocenters. The molecule has 0 rings (SSSR count). The second-order valence-corrected chi connectivity index (χ2v) is 17.1. The first-order valence-electron chi connectivity index (χ1n) is 22.3. The van der Waals surface area contributed by atoms with Crippen molar-refractivity contribution in [3.63, 3.8) is 0 Å². The lowest BCUT2D eigenvalue weighted by Gasteiger charge is -2.28. The molecule has 57 heavy (non-hydrogen) atoms. The van der Waals surface area contributed by atoms with E-state index in [1.54, 1.807) is 0 Å². The molecule has 328 valence electrons. The van der Waals surface area contributed by atoms with Crippen molar-refractivity contribution in [3.8, 4) is 0 Å². The number of carbonyl (C=O) groups excluding carboxylic acids is 1. The maximum absolute atomic E-state index is 12.7. The first-order chi connectivity index (χ1) is 27.6. The summed E-state index contributed by atoms with van der Waals surface area (Å²) in [6.45, 7) is 5.14.